The lowest BCUT2D eigenvalue weighted by atomic mass is 10.0. The van der Waals surface area contributed by atoms with E-state index in [9.17, 15) is 0 Å². The number of hydrogen-bond donors (Lipinski definition) is 1. The minimum Gasteiger partial charge on any atom is -0.339 e. The monoisotopic (exact) mass is 209 g/mol. The van der Waals surface area contributed by atoms with Crippen LogP contribution in [0, 0.1) is 5.92 Å². The third kappa shape index (κ3) is 2.37. The molecule has 2 N–H and O–H groups in total. The Labute approximate surface area is 90.2 Å². The van der Waals surface area contributed by atoms with Gasteiger partial charge in [-0.1, -0.05) is 18.5 Å². The molecule has 1 aliphatic carbocycles. The van der Waals surface area contributed by atoms with Crippen molar-refractivity contribution in [3.8, 4) is 0 Å². The maximum absolute atomic E-state index is 5.44. The molecule has 1 aromatic heterocycles. The van der Waals surface area contributed by atoms with Gasteiger partial charge in [-0.2, -0.15) is 4.98 Å². The molecule has 15 heavy (non-hydrogen) atoms. The number of nitrogens with zero attached hydrogens (tertiary/aromatic N) is 2. The Hall–Kier alpha value is -0.900. The summed E-state index contributed by atoms with van der Waals surface area (Å²) in [6.07, 6.45) is 5.70. The first kappa shape index (κ1) is 10.6. The fourth-order valence-electron chi connectivity index (χ4n) is 2.34. The van der Waals surface area contributed by atoms with Crippen molar-refractivity contribution in [1.29, 1.82) is 0 Å². The van der Waals surface area contributed by atoms with Crippen molar-refractivity contribution < 1.29 is 4.52 Å². The molecule has 1 aromatic rings. The predicted octanol–water partition coefficient (Wildman–Crippen LogP) is 1.86. The number of hydrogen-bond acceptors (Lipinski definition) is 4. The van der Waals surface area contributed by atoms with E-state index in [1.54, 1.807) is 0 Å². The molecule has 1 saturated carbocycles. The van der Waals surface area contributed by atoms with Crippen LogP contribution in [0.1, 0.15) is 50.2 Å². The van der Waals surface area contributed by atoms with E-state index in [4.69, 9.17) is 10.3 Å². The normalized spacial score (nSPS) is 26.0. The van der Waals surface area contributed by atoms with Gasteiger partial charge in [0.15, 0.2) is 5.82 Å². The summed E-state index contributed by atoms with van der Waals surface area (Å²) in [5.74, 6) is 2.96. The molecule has 1 aliphatic rings. The molecule has 4 heteroatoms. The highest BCUT2D eigenvalue weighted by molar-refractivity contribution is 4.99. The van der Waals surface area contributed by atoms with Crippen molar-refractivity contribution in [2.45, 2.75) is 44.9 Å². The van der Waals surface area contributed by atoms with Crippen LogP contribution >= 0.6 is 0 Å². The molecule has 1 fully saturated rings. The minimum absolute atomic E-state index is 0.519. The molecule has 1 heterocycles. The van der Waals surface area contributed by atoms with E-state index >= 15 is 0 Å². The highest BCUT2D eigenvalue weighted by atomic mass is 16.5. The molecule has 0 radical (unpaired) electrons. The Morgan fingerprint density at radius 2 is 2.33 bits per heavy atom. The Bertz CT molecular complexity index is 311. The van der Waals surface area contributed by atoms with Crippen LogP contribution in [0.15, 0.2) is 4.52 Å². The fraction of sp³-hybridized carbons (Fsp3) is 0.818. The molecule has 2 unspecified atom stereocenters. The zero-order chi connectivity index (χ0) is 10.7. The van der Waals surface area contributed by atoms with E-state index < -0.39 is 0 Å². The average Bonchev–Trinajstić information content (AvgIpc) is 2.85. The van der Waals surface area contributed by atoms with Crippen molar-refractivity contribution >= 4 is 0 Å². The van der Waals surface area contributed by atoms with Crippen molar-refractivity contribution in [1.82, 2.24) is 10.1 Å². The highest BCUT2D eigenvalue weighted by Crippen LogP contribution is 2.38. The van der Waals surface area contributed by atoms with Gasteiger partial charge in [-0.05, 0) is 25.2 Å². The van der Waals surface area contributed by atoms with Crippen LogP contribution in [0.4, 0.5) is 0 Å². The molecular formula is C11H19N3O. The van der Waals surface area contributed by atoms with Gasteiger partial charge >= 0.3 is 0 Å². The third-order valence-electron chi connectivity index (χ3n) is 3.33. The van der Waals surface area contributed by atoms with Gasteiger partial charge in [-0.25, -0.2) is 0 Å². The lowest BCUT2D eigenvalue weighted by Crippen LogP contribution is -2.03. The number of aromatic nitrogens is 2. The van der Waals surface area contributed by atoms with Gasteiger partial charge in [-0.15, -0.1) is 0 Å². The second kappa shape index (κ2) is 4.75. The summed E-state index contributed by atoms with van der Waals surface area (Å²) in [5, 5.41) is 4.04. The molecule has 0 saturated heterocycles. The Morgan fingerprint density at radius 3 is 3.00 bits per heavy atom. The maximum atomic E-state index is 5.44. The van der Waals surface area contributed by atoms with Crippen molar-refractivity contribution in [2.24, 2.45) is 11.7 Å². The van der Waals surface area contributed by atoms with Crippen LogP contribution in [0.2, 0.25) is 0 Å². The van der Waals surface area contributed by atoms with Gasteiger partial charge in [0.05, 0.1) is 0 Å². The molecule has 0 aromatic carbocycles. The Kier molecular flexibility index (Phi) is 3.36. The molecule has 4 nitrogen and oxygen atoms in total. The summed E-state index contributed by atoms with van der Waals surface area (Å²) in [5.41, 5.74) is 5.44. The summed E-state index contributed by atoms with van der Waals surface area (Å²) in [7, 11) is 0. The highest BCUT2D eigenvalue weighted by Gasteiger charge is 2.28. The first-order chi connectivity index (χ1) is 7.33. The fourth-order valence-corrected chi connectivity index (χ4v) is 2.34. The lowest BCUT2D eigenvalue weighted by Gasteiger charge is -2.04. The Morgan fingerprint density at radius 1 is 1.47 bits per heavy atom. The number of rotatable bonds is 4. The molecule has 0 aliphatic heterocycles. The van der Waals surface area contributed by atoms with Crippen LogP contribution in [0.3, 0.4) is 0 Å². The van der Waals surface area contributed by atoms with E-state index in [1.807, 2.05) is 0 Å². The zero-order valence-electron chi connectivity index (χ0n) is 9.28. The van der Waals surface area contributed by atoms with Crippen LogP contribution in [0.25, 0.3) is 0 Å². The standard InChI is InChI=1S/C11H19N3O/c1-2-8-3-4-9(7-8)11-13-10(5-6-12)15-14-11/h8-9H,2-7,12H2,1H3. The largest absolute Gasteiger partial charge is 0.339 e. The van der Waals surface area contributed by atoms with Crippen LogP contribution in [-0.4, -0.2) is 16.7 Å². The average molecular weight is 209 g/mol. The van der Waals surface area contributed by atoms with Gasteiger partial charge < -0.3 is 10.3 Å². The lowest BCUT2D eigenvalue weighted by molar-refractivity contribution is 0.370. The van der Waals surface area contributed by atoms with Gasteiger partial charge in [0.2, 0.25) is 5.89 Å². The smallest absolute Gasteiger partial charge is 0.227 e. The van der Waals surface area contributed by atoms with E-state index in [-0.39, 0.29) is 0 Å². The molecule has 0 bridgehead atoms. The summed E-state index contributed by atoms with van der Waals surface area (Å²) in [6.45, 7) is 2.83. The summed E-state index contributed by atoms with van der Waals surface area (Å²) >= 11 is 0. The second-order valence-corrected chi connectivity index (χ2v) is 4.37. The first-order valence-corrected chi connectivity index (χ1v) is 5.86. The van der Waals surface area contributed by atoms with Gasteiger partial charge in [0.1, 0.15) is 0 Å². The summed E-state index contributed by atoms with van der Waals surface area (Å²) < 4.78 is 5.15. The summed E-state index contributed by atoms with van der Waals surface area (Å²) in [4.78, 5) is 4.39. The Balaban J connectivity index is 1.97. The quantitative estimate of drug-likeness (QED) is 0.822. The first-order valence-electron chi connectivity index (χ1n) is 5.86. The van der Waals surface area contributed by atoms with Crippen molar-refractivity contribution in [3.63, 3.8) is 0 Å². The van der Waals surface area contributed by atoms with Crippen LogP contribution in [-0.2, 0) is 6.42 Å². The number of nitrogens with two attached hydrogens (primary N) is 1. The summed E-state index contributed by atoms with van der Waals surface area (Å²) in [6, 6.07) is 0. The molecular weight excluding hydrogens is 190 g/mol. The van der Waals surface area contributed by atoms with Crippen LogP contribution in [0.5, 0.6) is 0 Å². The van der Waals surface area contributed by atoms with Gasteiger partial charge in [0.25, 0.3) is 0 Å². The molecule has 2 atom stereocenters. The molecule has 0 spiro atoms. The molecule has 0 amide bonds. The second-order valence-electron chi connectivity index (χ2n) is 4.37. The van der Waals surface area contributed by atoms with Crippen LogP contribution < -0.4 is 5.73 Å². The van der Waals surface area contributed by atoms with E-state index in [2.05, 4.69) is 17.1 Å². The maximum Gasteiger partial charge on any atom is 0.227 e. The van der Waals surface area contributed by atoms with Gasteiger partial charge in [-0.3, -0.25) is 0 Å². The van der Waals surface area contributed by atoms with E-state index in [0.29, 0.717) is 24.8 Å². The SMILES string of the molecule is CCC1CCC(c2noc(CCN)n2)C1. The van der Waals surface area contributed by atoms with E-state index in [1.165, 1.54) is 25.7 Å². The minimum atomic E-state index is 0.519. The van der Waals surface area contributed by atoms with E-state index in [0.717, 1.165) is 11.7 Å². The molecule has 84 valence electrons. The van der Waals surface area contributed by atoms with Crippen molar-refractivity contribution in [3.05, 3.63) is 11.7 Å². The predicted molar refractivity (Wildman–Crippen MR) is 57.4 cm³/mol. The van der Waals surface area contributed by atoms with Gasteiger partial charge in [0, 0.05) is 18.9 Å². The molecule has 2 rings (SSSR count). The third-order valence-corrected chi connectivity index (χ3v) is 3.33. The topological polar surface area (TPSA) is 64.9 Å². The van der Waals surface area contributed by atoms with Crippen molar-refractivity contribution in [2.75, 3.05) is 6.54 Å². The zero-order valence-corrected chi connectivity index (χ0v) is 9.28.